The zero-order chi connectivity index (χ0) is 14.7. The maximum Gasteiger partial charge on any atom is 0.292 e. The molecule has 102 valence electrons. The van der Waals surface area contributed by atoms with E-state index < -0.39 is 10.8 Å². The van der Waals surface area contributed by atoms with Crippen molar-refractivity contribution in [2.75, 3.05) is 5.32 Å². The van der Waals surface area contributed by atoms with Crippen LogP contribution in [0.2, 0.25) is 5.02 Å². The summed E-state index contributed by atoms with van der Waals surface area (Å²) in [6.45, 7) is 0. The topological polar surface area (TPSA) is 72.2 Å². The molecule has 0 heterocycles. The molecule has 20 heavy (non-hydrogen) atoms. The summed E-state index contributed by atoms with van der Waals surface area (Å²) in [4.78, 5) is 22.3. The lowest BCUT2D eigenvalue weighted by molar-refractivity contribution is -0.383. The fraction of sp³-hybridized carbons (Fsp3) is 0. The van der Waals surface area contributed by atoms with Crippen LogP contribution in [-0.4, -0.2) is 10.8 Å². The van der Waals surface area contributed by atoms with E-state index >= 15 is 0 Å². The number of hydrogen-bond donors (Lipinski definition) is 1. The largest absolute Gasteiger partial charge is 0.316 e. The first kappa shape index (κ1) is 14.5. The van der Waals surface area contributed by atoms with Gasteiger partial charge in [0, 0.05) is 21.1 Å². The molecule has 0 bridgehead atoms. The molecule has 2 aromatic rings. The second-order valence-electron chi connectivity index (χ2n) is 3.88. The monoisotopic (exact) mass is 354 g/mol. The second kappa shape index (κ2) is 6.02. The first-order valence-corrected chi connectivity index (χ1v) is 6.65. The van der Waals surface area contributed by atoms with Crippen LogP contribution in [0.5, 0.6) is 0 Å². The summed E-state index contributed by atoms with van der Waals surface area (Å²) in [6.07, 6.45) is 0. The minimum Gasteiger partial charge on any atom is -0.316 e. The van der Waals surface area contributed by atoms with Gasteiger partial charge < -0.3 is 5.32 Å². The third-order valence-electron chi connectivity index (χ3n) is 2.51. The summed E-state index contributed by atoms with van der Waals surface area (Å²) in [7, 11) is 0. The van der Waals surface area contributed by atoms with Gasteiger partial charge in [0.05, 0.1) is 4.92 Å². The molecule has 2 aromatic carbocycles. The molecule has 0 unspecified atom stereocenters. The van der Waals surface area contributed by atoms with Gasteiger partial charge in [-0.1, -0.05) is 27.5 Å². The summed E-state index contributed by atoms with van der Waals surface area (Å²) < 4.78 is 0.836. The van der Waals surface area contributed by atoms with E-state index in [0.29, 0.717) is 10.6 Å². The fourth-order valence-electron chi connectivity index (χ4n) is 1.56. The normalized spacial score (nSPS) is 10.1. The molecular weight excluding hydrogens is 348 g/mol. The standard InChI is InChI=1S/C13H8BrClN2O3/c14-9-3-1-8(2-4-9)13(18)16-11-7-10(15)5-6-12(11)17(19)20/h1-7H,(H,16,18). The van der Waals surface area contributed by atoms with Crippen molar-refractivity contribution < 1.29 is 9.72 Å². The zero-order valence-corrected chi connectivity index (χ0v) is 12.3. The van der Waals surface area contributed by atoms with E-state index in [4.69, 9.17) is 11.6 Å². The van der Waals surface area contributed by atoms with E-state index in [9.17, 15) is 14.9 Å². The number of halogens is 2. The van der Waals surface area contributed by atoms with Crippen LogP contribution in [0.1, 0.15) is 10.4 Å². The number of nitro groups is 1. The molecule has 0 saturated heterocycles. The highest BCUT2D eigenvalue weighted by atomic mass is 79.9. The van der Waals surface area contributed by atoms with Gasteiger partial charge in [0.2, 0.25) is 0 Å². The SMILES string of the molecule is O=C(Nc1cc(Cl)ccc1[N+](=O)[O-])c1ccc(Br)cc1. The number of anilines is 1. The quantitative estimate of drug-likeness (QED) is 0.660. The average Bonchev–Trinajstić information content (AvgIpc) is 2.39. The van der Waals surface area contributed by atoms with Gasteiger partial charge in [-0.2, -0.15) is 0 Å². The number of nitro benzene ring substituents is 1. The lowest BCUT2D eigenvalue weighted by Crippen LogP contribution is -2.13. The van der Waals surface area contributed by atoms with Gasteiger partial charge in [-0.05, 0) is 36.4 Å². The van der Waals surface area contributed by atoms with E-state index in [0.717, 1.165) is 4.47 Å². The number of benzene rings is 2. The summed E-state index contributed by atoms with van der Waals surface area (Å²) in [6, 6.07) is 10.6. The lowest BCUT2D eigenvalue weighted by Gasteiger charge is -2.06. The Morgan fingerprint density at radius 3 is 2.45 bits per heavy atom. The number of carbonyl (C=O) groups excluding carboxylic acids is 1. The Labute approximate surface area is 127 Å². The van der Waals surface area contributed by atoms with Gasteiger partial charge in [-0.15, -0.1) is 0 Å². The molecule has 1 N–H and O–H groups in total. The fourth-order valence-corrected chi connectivity index (χ4v) is 2.00. The molecule has 0 aromatic heterocycles. The molecule has 0 radical (unpaired) electrons. The van der Waals surface area contributed by atoms with E-state index in [1.165, 1.54) is 18.2 Å². The molecule has 0 aliphatic rings. The van der Waals surface area contributed by atoms with Crippen LogP contribution in [0.3, 0.4) is 0 Å². The molecule has 0 saturated carbocycles. The van der Waals surface area contributed by atoms with Crippen molar-refractivity contribution in [3.8, 4) is 0 Å². The second-order valence-corrected chi connectivity index (χ2v) is 5.23. The van der Waals surface area contributed by atoms with Gasteiger partial charge in [0.25, 0.3) is 11.6 Å². The van der Waals surface area contributed by atoms with Crippen LogP contribution in [0, 0.1) is 10.1 Å². The zero-order valence-electron chi connectivity index (χ0n) is 9.97. The first-order valence-electron chi connectivity index (χ1n) is 5.48. The van der Waals surface area contributed by atoms with Crippen LogP contribution in [0.15, 0.2) is 46.9 Å². The van der Waals surface area contributed by atoms with Gasteiger partial charge in [0.15, 0.2) is 0 Å². The summed E-state index contributed by atoms with van der Waals surface area (Å²) in [5.41, 5.74) is 0.248. The maximum atomic E-state index is 12.0. The number of rotatable bonds is 3. The molecule has 0 atom stereocenters. The van der Waals surface area contributed by atoms with Crippen molar-refractivity contribution in [3.63, 3.8) is 0 Å². The number of nitrogens with zero attached hydrogens (tertiary/aromatic N) is 1. The Hall–Kier alpha value is -1.92. The van der Waals surface area contributed by atoms with Crippen molar-refractivity contribution in [2.24, 2.45) is 0 Å². The highest BCUT2D eigenvalue weighted by Crippen LogP contribution is 2.28. The van der Waals surface area contributed by atoms with Crippen molar-refractivity contribution in [2.45, 2.75) is 0 Å². The Morgan fingerprint density at radius 2 is 1.85 bits per heavy atom. The molecule has 7 heteroatoms. The van der Waals surface area contributed by atoms with E-state index in [1.807, 2.05) is 0 Å². The van der Waals surface area contributed by atoms with Gasteiger partial charge >= 0.3 is 0 Å². The third-order valence-corrected chi connectivity index (χ3v) is 3.27. The van der Waals surface area contributed by atoms with Crippen LogP contribution in [-0.2, 0) is 0 Å². The molecule has 0 spiro atoms. The number of hydrogen-bond acceptors (Lipinski definition) is 3. The van der Waals surface area contributed by atoms with Crippen LogP contribution >= 0.6 is 27.5 Å². The van der Waals surface area contributed by atoms with Crippen molar-refractivity contribution >= 4 is 44.8 Å². The summed E-state index contributed by atoms with van der Waals surface area (Å²) in [5.74, 6) is -0.442. The Balaban J connectivity index is 2.29. The summed E-state index contributed by atoms with van der Waals surface area (Å²) >= 11 is 9.05. The first-order chi connectivity index (χ1) is 9.47. The van der Waals surface area contributed by atoms with Crippen LogP contribution < -0.4 is 5.32 Å². The molecule has 0 aliphatic carbocycles. The van der Waals surface area contributed by atoms with Crippen molar-refractivity contribution in [3.05, 3.63) is 67.6 Å². The number of nitrogens with one attached hydrogen (secondary N) is 1. The van der Waals surface area contributed by atoms with Gasteiger partial charge in [-0.3, -0.25) is 14.9 Å². The molecule has 1 amide bonds. The van der Waals surface area contributed by atoms with Gasteiger partial charge in [0.1, 0.15) is 5.69 Å². The minimum absolute atomic E-state index is 0.0652. The maximum absolute atomic E-state index is 12.0. The van der Waals surface area contributed by atoms with Crippen LogP contribution in [0.4, 0.5) is 11.4 Å². The van der Waals surface area contributed by atoms with E-state index in [-0.39, 0.29) is 11.4 Å². The lowest BCUT2D eigenvalue weighted by atomic mass is 10.2. The Bertz CT molecular complexity index is 674. The van der Waals surface area contributed by atoms with Crippen molar-refractivity contribution in [1.82, 2.24) is 0 Å². The highest BCUT2D eigenvalue weighted by molar-refractivity contribution is 9.10. The minimum atomic E-state index is -0.576. The van der Waals surface area contributed by atoms with Gasteiger partial charge in [-0.25, -0.2) is 0 Å². The van der Waals surface area contributed by atoms with Crippen LogP contribution in [0.25, 0.3) is 0 Å². The van der Waals surface area contributed by atoms with E-state index in [2.05, 4.69) is 21.2 Å². The Kier molecular flexibility index (Phi) is 4.36. The highest BCUT2D eigenvalue weighted by Gasteiger charge is 2.16. The molecule has 0 fully saturated rings. The third kappa shape index (κ3) is 3.34. The molecule has 5 nitrogen and oxygen atoms in total. The predicted molar refractivity (Wildman–Crippen MR) is 80.2 cm³/mol. The number of carbonyl (C=O) groups is 1. The predicted octanol–water partition coefficient (Wildman–Crippen LogP) is 4.26. The molecule has 0 aliphatic heterocycles. The smallest absolute Gasteiger partial charge is 0.292 e. The molecular formula is C13H8BrClN2O3. The average molecular weight is 356 g/mol. The Morgan fingerprint density at radius 1 is 1.20 bits per heavy atom. The van der Waals surface area contributed by atoms with E-state index in [1.54, 1.807) is 24.3 Å². The summed E-state index contributed by atoms with van der Waals surface area (Å²) in [5, 5.41) is 13.7. The number of amides is 1. The van der Waals surface area contributed by atoms with Crippen molar-refractivity contribution in [1.29, 1.82) is 0 Å². The molecule has 2 rings (SSSR count).